The van der Waals surface area contributed by atoms with Crippen molar-refractivity contribution in [3.63, 3.8) is 0 Å². The first-order chi connectivity index (χ1) is 5.83. The molecule has 0 atom stereocenters. The van der Waals surface area contributed by atoms with Gasteiger partial charge < -0.3 is 0 Å². The molecule has 2 heterocycles. The highest BCUT2D eigenvalue weighted by molar-refractivity contribution is 5.44. The Labute approximate surface area is 69.9 Å². The van der Waals surface area contributed by atoms with Crippen LogP contribution < -0.4 is 0 Å². The zero-order valence-electron chi connectivity index (χ0n) is 6.57. The van der Waals surface area contributed by atoms with Gasteiger partial charge in [0.25, 0.3) is 0 Å². The van der Waals surface area contributed by atoms with E-state index in [1.165, 1.54) is 0 Å². The van der Waals surface area contributed by atoms with Gasteiger partial charge in [0, 0.05) is 5.69 Å². The van der Waals surface area contributed by atoms with E-state index >= 15 is 0 Å². The first-order valence-electron chi connectivity index (χ1n) is 3.59. The Morgan fingerprint density at radius 3 is 3.17 bits per heavy atom. The van der Waals surface area contributed by atoms with E-state index in [9.17, 15) is 0 Å². The Balaban J connectivity index is 2.95. The molecule has 2 rings (SSSR count). The summed E-state index contributed by atoms with van der Waals surface area (Å²) in [6, 6.07) is 7.73. The van der Waals surface area contributed by atoms with Gasteiger partial charge in [0.1, 0.15) is 17.9 Å². The molecule has 0 aromatic carbocycles. The molecule has 0 aliphatic carbocycles. The number of imidazole rings is 1. The molecule has 3 nitrogen and oxygen atoms in total. The van der Waals surface area contributed by atoms with Crippen molar-refractivity contribution in [3.8, 4) is 6.07 Å². The maximum absolute atomic E-state index is 8.71. The van der Waals surface area contributed by atoms with Crippen molar-refractivity contribution in [2.75, 3.05) is 0 Å². The van der Waals surface area contributed by atoms with Crippen LogP contribution >= 0.6 is 0 Å². The predicted octanol–water partition coefficient (Wildman–Crippen LogP) is 1.31. The van der Waals surface area contributed by atoms with E-state index in [4.69, 9.17) is 5.26 Å². The zero-order chi connectivity index (χ0) is 8.55. The molecule has 2 aromatic heterocycles. The number of fused-ring (bicyclic) bond motifs is 1. The van der Waals surface area contributed by atoms with Crippen LogP contribution in [0.1, 0.15) is 11.4 Å². The van der Waals surface area contributed by atoms with Crippen LogP contribution in [-0.2, 0) is 0 Å². The molecule has 0 aliphatic heterocycles. The van der Waals surface area contributed by atoms with Gasteiger partial charge >= 0.3 is 0 Å². The van der Waals surface area contributed by atoms with Crippen molar-refractivity contribution in [1.29, 1.82) is 5.26 Å². The average Bonchev–Trinajstić information content (AvgIpc) is 2.49. The maximum atomic E-state index is 8.71. The maximum Gasteiger partial charge on any atom is 0.154 e. The van der Waals surface area contributed by atoms with Crippen molar-refractivity contribution in [3.05, 3.63) is 35.8 Å². The summed E-state index contributed by atoms with van der Waals surface area (Å²) in [5, 5.41) is 8.71. The molecule has 57 valence electrons. The van der Waals surface area contributed by atoms with Crippen LogP contribution in [0.15, 0.2) is 18.2 Å². The van der Waals surface area contributed by atoms with E-state index < -0.39 is 0 Å². The smallest absolute Gasteiger partial charge is 0.154 e. The lowest BCUT2D eigenvalue weighted by Crippen LogP contribution is -1.92. The molecule has 0 fully saturated rings. The summed E-state index contributed by atoms with van der Waals surface area (Å²) in [6.07, 6.45) is 2.66. The molecule has 2 aromatic rings. The normalized spacial score (nSPS) is 10.0. The Kier molecular flexibility index (Phi) is 1.34. The van der Waals surface area contributed by atoms with Crippen molar-refractivity contribution in [2.45, 2.75) is 6.92 Å². The molecule has 0 amide bonds. The predicted molar refractivity (Wildman–Crippen MR) is 43.5 cm³/mol. The standard InChI is InChI=1S/C9H6N3/c1-7-3-2-4-9-11-6-8(5-10)12(7)9/h2-4H,1H3. The molecule has 0 spiro atoms. The number of pyridine rings is 1. The second-order valence-electron chi connectivity index (χ2n) is 2.54. The largest absolute Gasteiger partial charge is 0.288 e. The fourth-order valence-electron chi connectivity index (χ4n) is 1.22. The van der Waals surface area contributed by atoms with Crippen molar-refractivity contribution in [1.82, 2.24) is 9.38 Å². The van der Waals surface area contributed by atoms with E-state index in [1.807, 2.05) is 31.2 Å². The summed E-state index contributed by atoms with van der Waals surface area (Å²) in [7, 11) is 0. The van der Waals surface area contributed by atoms with Crippen LogP contribution in [0.5, 0.6) is 0 Å². The number of nitrogens with zero attached hydrogens (tertiary/aromatic N) is 3. The molecular formula is C9H6N3. The van der Waals surface area contributed by atoms with Crippen LogP contribution in [-0.4, -0.2) is 9.38 Å². The molecule has 0 saturated carbocycles. The van der Waals surface area contributed by atoms with E-state index in [2.05, 4.69) is 11.2 Å². The van der Waals surface area contributed by atoms with Gasteiger partial charge in [-0.1, -0.05) is 6.07 Å². The summed E-state index contributed by atoms with van der Waals surface area (Å²) >= 11 is 0. The second-order valence-corrected chi connectivity index (χ2v) is 2.54. The minimum atomic E-state index is 0.461. The Hall–Kier alpha value is -1.82. The number of aromatic nitrogens is 2. The van der Waals surface area contributed by atoms with Gasteiger partial charge in [0.05, 0.1) is 0 Å². The molecule has 0 saturated heterocycles. The minimum Gasteiger partial charge on any atom is -0.288 e. The van der Waals surface area contributed by atoms with Gasteiger partial charge in [-0.15, -0.1) is 0 Å². The number of hydrogen-bond donors (Lipinski definition) is 0. The minimum absolute atomic E-state index is 0.461. The number of aryl methyl sites for hydroxylation is 1. The molecule has 1 radical (unpaired) electrons. The fourth-order valence-corrected chi connectivity index (χ4v) is 1.22. The van der Waals surface area contributed by atoms with Gasteiger partial charge in [-0.3, -0.25) is 4.40 Å². The first kappa shape index (κ1) is 6.86. The third kappa shape index (κ3) is 0.785. The third-order valence-corrected chi connectivity index (χ3v) is 1.77. The summed E-state index contributed by atoms with van der Waals surface area (Å²) in [4.78, 5) is 3.97. The van der Waals surface area contributed by atoms with Crippen molar-refractivity contribution < 1.29 is 0 Å². The van der Waals surface area contributed by atoms with E-state index in [0.29, 0.717) is 5.69 Å². The second kappa shape index (κ2) is 2.35. The van der Waals surface area contributed by atoms with E-state index in [0.717, 1.165) is 11.3 Å². The topological polar surface area (TPSA) is 41.1 Å². The van der Waals surface area contributed by atoms with Crippen LogP contribution in [0.4, 0.5) is 0 Å². The Morgan fingerprint density at radius 2 is 2.42 bits per heavy atom. The van der Waals surface area contributed by atoms with Gasteiger partial charge in [0.15, 0.2) is 5.69 Å². The van der Waals surface area contributed by atoms with Gasteiger partial charge in [-0.2, -0.15) is 5.26 Å². The monoisotopic (exact) mass is 156 g/mol. The number of nitriles is 1. The van der Waals surface area contributed by atoms with Gasteiger partial charge in [-0.25, -0.2) is 4.98 Å². The highest BCUT2D eigenvalue weighted by Gasteiger charge is 2.02. The summed E-state index contributed by atoms with van der Waals surface area (Å²) in [5.41, 5.74) is 2.23. The molecular weight excluding hydrogens is 150 g/mol. The lowest BCUT2D eigenvalue weighted by Gasteiger charge is -1.97. The number of rotatable bonds is 0. The molecule has 12 heavy (non-hydrogen) atoms. The first-order valence-corrected chi connectivity index (χ1v) is 3.59. The van der Waals surface area contributed by atoms with Gasteiger partial charge in [0.2, 0.25) is 0 Å². The summed E-state index contributed by atoms with van der Waals surface area (Å²) in [6.45, 7) is 1.93. The van der Waals surface area contributed by atoms with Gasteiger partial charge in [-0.05, 0) is 19.1 Å². The van der Waals surface area contributed by atoms with E-state index in [-0.39, 0.29) is 0 Å². The highest BCUT2D eigenvalue weighted by Crippen LogP contribution is 2.07. The zero-order valence-corrected chi connectivity index (χ0v) is 6.57. The lowest BCUT2D eigenvalue weighted by molar-refractivity contribution is 1.07. The van der Waals surface area contributed by atoms with Crippen LogP contribution in [0.3, 0.4) is 0 Å². The third-order valence-electron chi connectivity index (χ3n) is 1.77. The SMILES string of the molecule is Cc1cccc2n[c]c(C#N)n12. The molecule has 0 unspecified atom stereocenters. The molecule has 0 bridgehead atoms. The Bertz CT molecular complexity index is 462. The molecule has 0 N–H and O–H groups in total. The Morgan fingerprint density at radius 1 is 1.58 bits per heavy atom. The van der Waals surface area contributed by atoms with Crippen molar-refractivity contribution >= 4 is 5.65 Å². The van der Waals surface area contributed by atoms with Crippen LogP contribution in [0.25, 0.3) is 5.65 Å². The fraction of sp³-hybridized carbons (Fsp3) is 0.111. The number of hydrogen-bond acceptors (Lipinski definition) is 2. The van der Waals surface area contributed by atoms with E-state index in [1.54, 1.807) is 4.40 Å². The summed E-state index contributed by atoms with van der Waals surface area (Å²) in [5.74, 6) is 0. The molecule has 0 aliphatic rings. The lowest BCUT2D eigenvalue weighted by atomic mass is 10.3. The summed E-state index contributed by atoms with van der Waals surface area (Å²) < 4.78 is 1.78. The van der Waals surface area contributed by atoms with Crippen LogP contribution in [0.2, 0.25) is 0 Å². The average molecular weight is 156 g/mol. The van der Waals surface area contributed by atoms with Crippen molar-refractivity contribution in [2.24, 2.45) is 0 Å². The molecule has 3 heteroatoms. The quantitative estimate of drug-likeness (QED) is 0.577. The van der Waals surface area contributed by atoms with Crippen LogP contribution in [0, 0.1) is 24.5 Å². The highest BCUT2D eigenvalue weighted by atomic mass is 15.0.